The van der Waals surface area contributed by atoms with Crippen molar-refractivity contribution in [3.8, 4) is 0 Å². The molecule has 0 saturated carbocycles. The number of nitrogens with zero attached hydrogens (tertiary/aromatic N) is 3. The lowest BCUT2D eigenvalue weighted by molar-refractivity contribution is -0.116. The zero-order valence-corrected chi connectivity index (χ0v) is 11.6. The summed E-state index contributed by atoms with van der Waals surface area (Å²) in [7, 11) is 1.93. The predicted molar refractivity (Wildman–Crippen MR) is 73.9 cm³/mol. The number of carbonyl (C=O) groups excluding carboxylic acids is 1. The normalized spacial score (nSPS) is 10.5. The highest BCUT2D eigenvalue weighted by atomic mass is 16.1. The molecule has 1 aromatic heterocycles. The fourth-order valence-corrected chi connectivity index (χ4v) is 1.40. The van der Waals surface area contributed by atoms with Crippen LogP contribution in [0.5, 0.6) is 0 Å². The third-order valence-corrected chi connectivity index (χ3v) is 2.53. The van der Waals surface area contributed by atoms with E-state index in [-0.39, 0.29) is 5.78 Å². The maximum atomic E-state index is 11.0. The molecular weight excluding hydrogens is 228 g/mol. The van der Waals surface area contributed by atoms with E-state index >= 15 is 0 Å². The van der Waals surface area contributed by atoms with Gasteiger partial charge in [-0.05, 0) is 12.8 Å². The molecule has 1 N–H and O–H groups in total. The third-order valence-electron chi connectivity index (χ3n) is 2.53. The van der Waals surface area contributed by atoms with Gasteiger partial charge in [0, 0.05) is 32.6 Å². The molecule has 0 atom stereocenters. The zero-order chi connectivity index (χ0) is 13.5. The Morgan fingerprint density at radius 1 is 1.44 bits per heavy atom. The minimum atomic E-state index is 0.189. The van der Waals surface area contributed by atoms with E-state index in [1.807, 2.05) is 18.0 Å². The molecule has 1 rings (SSSR count). The summed E-state index contributed by atoms with van der Waals surface area (Å²) in [4.78, 5) is 21.3. The Hall–Kier alpha value is -1.65. The van der Waals surface area contributed by atoms with Gasteiger partial charge in [-0.15, -0.1) is 0 Å². The lowest BCUT2D eigenvalue weighted by Gasteiger charge is -2.18. The van der Waals surface area contributed by atoms with Crippen LogP contribution in [0, 0.1) is 5.92 Å². The molecule has 0 amide bonds. The monoisotopic (exact) mass is 250 g/mol. The van der Waals surface area contributed by atoms with Gasteiger partial charge >= 0.3 is 0 Å². The second kappa shape index (κ2) is 6.93. The van der Waals surface area contributed by atoms with Crippen molar-refractivity contribution in [1.82, 2.24) is 9.97 Å². The van der Waals surface area contributed by atoms with Crippen molar-refractivity contribution in [1.29, 1.82) is 0 Å². The molecule has 0 bridgehead atoms. The molecule has 5 heteroatoms. The predicted octanol–water partition coefficient (Wildman–Crippen LogP) is 1.96. The molecule has 0 aliphatic heterocycles. The number of nitrogens with one attached hydrogen (secondary N) is 1. The van der Waals surface area contributed by atoms with E-state index in [9.17, 15) is 4.79 Å². The van der Waals surface area contributed by atoms with Crippen molar-refractivity contribution in [3.63, 3.8) is 0 Å². The SMILES string of the molecule is CC(=O)CCN(C)c1cc(NCC(C)C)ncn1. The molecule has 0 aliphatic rings. The summed E-state index contributed by atoms with van der Waals surface area (Å²) < 4.78 is 0. The number of anilines is 2. The van der Waals surface area contributed by atoms with Crippen LogP contribution in [-0.2, 0) is 4.79 Å². The zero-order valence-electron chi connectivity index (χ0n) is 11.6. The van der Waals surface area contributed by atoms with Crippen LogP contribution in [0.2, 0.25) is 0 Å². The Bertz CT molecular complexity index is 392. The van der Waals surface area contributed by atoms with Crippen LogP contribution in [0.4, 0.5) is 11.6 Å². The quantitative estimate of drug-likeness (QED) is 0.801. The molecule has 0 aliphatic carbocycles. The Morgan fingerprint density at radius 3 is 2.78 bits per heavy atom. The first kappa shape index (κ1) is 14.4. The van der Waals surface area contributed by atoms with Crippen LogP contribution in [0.25, 0.3) is 0 Å². The Balaban J connectivity index is 2.60. The van der Waals surface area contributed by atoms with Gasteiger partial charge in [0.05, 0.1) is 0 Å². The molecule has 0 spiro atoms. The third kappa shape index (κ3) is 5.12. The summed E-state index contributed by atoms with van der Waals surface area (Å²) in [5, 5.41) is 3.26. The fourth-order valence-electron chi connectivity index (χ4n) is 1.40. The van der Waals surface area contributed by atoms with E-state index < -0.39 is 0 Å². The minimum absolute atomic E-state index is 0.189. The van der Waals surface area contributed by atoms with Crippen molar-refractivity contribution in [2.45, 2.75) is 27.2 Å². The van der Waals surface area contributed by atoms with Gasteiger partial charge in [0.15, 0.2) is 0 Å². The molecule has 1 heterocycles. The van der Waals surface area contributed by atoms with Gasteiger partial charge in [-0.25, -0.2) is 9.97 Å². The summed E-state index contributed by atoms with van der Waals surface area (Å²) in [6, 6.07) is 1.91. The van der Waals surface area contributed by atoms with Crippen molar-refractivity contribution in [2.75, 3.05) is 30.4 Å². The molecule has 5 nitrogen and oxygen atoms in total. The average molecular weight is 250 g/mol. The second-order valence-electron chi connectivity index (χ2n) is 4.91. The van der Waals surface area contributed by atoms with Crippen LogP contribution in [0.3, 0.4) is 0 Å². The molecule has 100 valence electrons. The highest BCUT2D eigenvalue weighted by molar-refractivity contribution is 5.76. The number of aromatic nitrogens is 2. The van der Waals surface area contributed by atoms with E-state index in [0.29, 0.717) is 18.9 Å². The Morgan fingerprint density at radius 2 is 2.17 bits per heavy atom. The van der Waals surface area contributed by atoms with Gasteiger partial charge in [0.2, 0.25) is 0 Å². The van der Waals surface area contributed by atoms with Crippen LogP contribution in [0.15, 0.2) is 12.4 Å². The van der Waals surface area contributed by atoms with Gasteiger partial charge < -0.3 is 10.2 Å². The van der Waals surface area contributed by atoms with Gasteiger partial charge in [-0.3, -0.25) is 4.79 Å². The van der Waals surface area contributed by atoms with Crippen LogP contribution >= 0.6 is 0 Å². The molecule has 1 aromatic rings. The lowest BCUT2D eigenvalue weighted by Crippen LogP contribution is -2.21. The summed E-state index contributed by atoms with van der Waals surface area (Å²) in [6.45, 7) is 7.45. The van der Waals surface area contributed by atoms with E-state index in [4.69, 9.17) is 0 Å². The Labute approximate surface area is 109 Å². The van der Waals surface area contributed by atoms with Gasteiger partial charge in [0.1, 0.15) is 23.7 Å². The molecule has 0 fully saturated rings. The maximum absolute atomic E-state index is 11.0. The highest BCUT2D eigenvalue weighted by Gasteiger charge is 2.05. The van der Waals surface area contributed by atoms with Crippen molar-refractivity contribution >= 4 is 17.4 Å². The summed E-state index contributed by atoms with van der Waals surface area (Å²) in [6.07, 6.45) is 2.08. The number of carbonyl (C=O) groups is 1. The summed E-state index contributed by atoms with van der Waals surface area (Å²) in [5.41, 5.74) is 0. The van der Waals surface area contributed by atoms with E-state index in [1.165, 1.54) is 0 Å². The van der Waals surface area contributed by atoms with E-state index in [1.54, 1.807) is 13.3 Å². The lowest BCUT2D eigenvalue weighted by atomic mass is 10.2. The van der Waals surface area contributed by atoms with Crippen molar-refractivity contribution in [3.05, 3.63) is 12.4 Å². The van der Waals surface area contributed by atoms with Gasteiger partial charge in [0.25, 0.3) is 0 Å². The van der Waals surface area contributed by atoms with Crippen molar-refractivity contribution < 1.29 is 4.79 Å². The number of hydrogen-bond donors (Lipinski definition) is 1. The Kier molecular flexibility index (Phi) is 5.55. The number of ketones is 1. The topological polar surface area (TPSA) is 58.1 Å². The summed E-state index contributed by atoms with van der Waals surface area (Å²) >= 11 is 0. The fraction of sp³-hybridized carbons (Fsp3) is 0.615. The average Bonchev–Trinajstić information content (AvgIpc) is 2.33. The minimum Gasteiger partial charge on any atom is -0.370 e. The molecule has 0 saturated heterocycles. The smallest absolute Gasteiger partial charge is 0.133 e. The second-order valence-corrected chi connectivity index (χ2v) is 4.91. The first-order valence-electron chi connectivity index (χ1n) is 6.25. The van der Waals surface area contributed by atoms with Crippen molar-refractivity contribution in [2.24, 2.45) is 5.92 Å². The van der Waals surface area contributed by atoms with Crippen LogP contribution < -0.4 is 10.2 Å². The maximum Gasteiger partial charge on any atom is 0.133 e. The largest absolute Gasteiger partial charge is 0.370 e. The van der Waals surface area contributed by atoms with E-state index in [2.05, 4.69) is 29.1 Å². The number of hydrogen-bond acceptors (Lipinski definition) is 5. The first-order chi connectivity index (χ1) is 8.49. The first-order valence-corrected chi connectivity index (χ1v) is 6.25. The van der Waals surface area contributed by atoms with Crippen LogP contribution in [0.1, 0.15) is 27.2 Å². The molecule has 0 radical (unpaired) electrons. The summed E-state index contributed by atoms with van der Waals surface area (Å²) in [5.74, 6) is 2.41. The molecular formula is C13H22N4O. The molecule has 0 unspecified atom stereocenters. The standard InChI is InChI=1S/C13H22N4O/c1-10(2)8-14-12-7-13(16-9-15-12)17(4)6-5-11(3)18/h7,9-10H,5-6,8H2,1-4H3,(H,14,15,16). The molecule has 18 heavy (non-hydrogen) atoms. The van der Waals surface area contributed by atoms with Crippen LogP contribution in [-0.4, -0.2) is 35.9 Å². The highest BCUT2D eigenvalue weighted by Crippen LogP contribution is 2.13. The molecule has 0 aromatic carbocycles. The van der Waals surface area contributed by atoms with E-state index in [0.717, 1.165) is 18.2 Å². The van der Waals surface area contributed by atoms with Gasteiger partial charge in [-0.1, -0.05) is 13.8 Å². The number of Topliss-reactive ketones (excluding diaryl/α,β-unsaturated/α-hetero) is 1. The number of rotatable bonds is 7. The van der Waals surface area contributed by atoms with Gasteiger partial charge in [-0.2, -0.15) is 0 Å².